The number of amides is 1. The molecule has 1 amide bonds. The topological polar surface area (TPSA) is 66.0 Å². The first-order valence-electron chi connectivity index (χ1n) is 6.77. The number of carbonyl (C=O) groups excluding carboxylic acids is 1. The Balaban J connectivity index is 2.15. The molecular formula is C17H18N2O2. The van der Waals surface area contributed by atoms with Crippen molar-refractivity contribution < 1.29 is 9.21 Å². The molecule has 0 aliphatic carbocycles. The molecule has 4 heteroatoms. The Morgan fingerprint density at radius 1 is 1.29 bits per heavy atom. The Hall–Kier alpha value is -2.54. The first-order valence-corrected chi connectivity index (χ1v) is 6.77. The quantitative estimate of drug-likeness (QED) is 0.934. The zero-order valence-electron chi connectivity index (χ0n) is 12.4. The Bertz CT molecular complexity index is 673. The Morgan fingerprint density at radius 2 is 1.95 bits per heavy atom. The molecule has 2 aromatic rings. The lowest BCUT2D eigenvalue weighted by molar-refractivity contribution is -0.115. The Labute approximate surface area is 124 Å². The number of carbonyl (C=O) groups is 1. The van der Waals surface area contributed by atoms with Gasteiger partial charge in [0.05, 0.1) is 12.7 Å². The highest BCUT2D eigenvalue weighted by molar-refractivity contribution is 5.92. The predicted octanol–water partition coefficient (Wildman–Crippen LogP) is 3.63. The smallest absolute Gasteiger partial charge is 0.231 e. The third-order valence-corrected chi connectivity index (χ3v) is 3.17. The lowest BCUT2D eigenvalue weighted by atomic mass is 9.86. The van der Waals surface area contributed by atoms with Gasteiger partial charge < -0.3 is 4.42 Å². The summed E-state index contributed by atoms with van der Waals surface area (Å²) in [7, 11) is 0. The van der Waals surface area contributed by atoms with Crippen LogP contribution in [0.25, 0.3) is 0 Å². The van der Waals surface area contributed by atoms with Crippen LogP contribution in [0.2, 0.25) is 0 Å². The van der Waals surface area contributed by atoms with Crippen LogP contribution in [0.5, 0.6) is 0 Å². The molecule has 0 spiro atoms. The van der Waals surface area contributed by atoms with Gasteiger partial charge in [0, 0.05) is 5.56 Å². The van der Waals surface area contributed by atoms with Gasteiger partial charge in [-0.2, -0.15) is 5.26 Å². The van der Waals surface area contributed by atoms with Crippen molar-refractivity contribution in [2.24, 2.45) is 0 Å². The largest absolute Gasteiger partial charge is 0.447 e. The van der Waals surface area contributed by atoms with Gasteiger partial charge in [-0.15, -0.1) is 0 Å². The summed E-state index contributed by atoms with van der Waals surface area (Å²) in [6, 6.07) is 11.5. The summed E-state index contributed by atoms with van der Waals surface area (Å²) in [5.41, 5.74) is 1.89. The van der Waals surface area contributed by atoms with Crippen LogP contribution in [-0.2, 0) is 16.6 Å². The van der Waals surface area contributed by atoms with Crippen molar-refractivity contribution >= 4 is 11.8 Å². The van der Waals surface area contributed by atoms with Gasteiger partial charge in [-0.1, -0.05) is 51.1 Å². The van der Waals surface area contributed by atoms with E-state index in [1.807, 2.05) is 51.1 Å². The molecule has 0 fully saturated rings. The van der Waals surface area contributed by atoms with Gasteiger partial charge in [0.1, 0.15) is 11.6 Å². The van der Waals surface area contributed by atoms with Crippen molar-refractivity contribution in [2.75, 3.05) is 5.32 Å². The molecular weight excluding hydrogens is 264 g/mol. The highest BCUT2D eigenvalue weighted by atomic mass is 16.3. The molecule has 1 heterocycles. The van der Waals surface area contributed by atoms with Crippen LogP contribution >= 0.6 is 0 Å². The average molecular weight is 282 g/mol. The maximum Gasteiger partial charge on any atom is 0.231 e. The molecule has 4 nitrogen and oxygen atoms in total. The van der Waals surface area contributed by atoms with Crippen LogP contribution in [-0.4, -0.2) is 5.91 Å². The average Bonchev–Trinajstić information content (AvgIpc) is 2.82. The van der Waals surface area contributed by atoms with Crippen LogP contribution in [0.15, 0.2) is 41.0 Å². The molecule has 0 unspecified atom stereocenters. The van der Waals surface area contributed by atoms with E-state index in [1.54, 1.807) is 0 Å². The maximum atomic E-state index is 12.0. The van der Waals surface area contributed by atoms with Gasteiger partial charge >= 0.3 is 0 Å². The number of nitriles is 1. The number of benzene rings is 1. The van der Waals surface area contributed by atoms with Crippen LogP contribution < -0.4 is 5.32 Å². The van der Waals surface area contributed by atoms with E-state index in [2.05, 4.69) is 11.4 Å². The minimum atomic E-state index is -0.211. The van der Waals surface area contributed by atoms with Crippen LogP contribution in [0.3, 0.4) is 0 Å². The fourth-order valence-electron chi connectivity index (χ4n) is 2.06. The highest BCUT2D eigenvalue weighted by Gasteiger charge is 2.24. The number of rotatable bonds is 3. The number of furan rings is 1. The van der Waals surface area contributed by atoms with Gasteiger partial charge in [-0.25, -0.2) is 0 Å². The normalized spacial score (nSPS) is 11.0. The predicted molar refractivity (Wildman–Crippen MR) is 80.9 cm³/mol. The molecule has 2 rings (SSSR count). The molecule has 0 saturated carbocycles. The molecule has 1 aromatic carbocycles. The molecule has 1 aromatic heterocycles. The van der Waals surface area contributed by atoms with E-state index in [9.17, 15) is 10.1 Å². The molecule has 0 bridgehead atoms. The zero-order valence-corrected chi connectivity index (χ0v) is 12.4. The highest BCUT2D eigenvalue weighted by Crippen LogP contribution is 2.31. The van der Waals surface area contributed by atoms with E-state index >= 15 is 0 Å². The number of nitrogens with one attached hydrogen (secondary N) is 1. The number of hydrogen-bond donors (Lipinski definition) is 1. The molecule has 108 valence electrons. The third kappa shape index (κ3) is 3.51. The standard InChI is InChI=1S/C17H18N2O2/c1-17(2,3)14-11-21-16(13(14)10-18)19-15(20)9-12-7-5-4-6-8-12/h4-8,11H,9H2,1-3H3,(H,19,20). The molecule has 0 aliphatic heterocycles. The summed E-state index contributed by atoms with van der Waals surface area (Å²) in [4.78, 5) is 12.0. The van der Waals surface area contributed by atoms with Crippen LogP contribution in [0, 0.1) is 11.3 Å². The van der Waals surface area contributed by atoms with Gasteiger partial charge in [-0.05, 0) is 11.0 Å². The van der Waals surface area contributed by atoms with Crippen molar-refractivity contribution in [3.63, 3.8) is 0 Å². The second-order valence-electron chi connectivity index (χ2n) is 5.93. The van der Waals surface area contributed by atoms with E-state index < -0.39 is 0 Å². The molecule has 0 aliphatic rings. The third-order valence-electron chi connectivity index (χ3n) is 3.17. The van der Waals surface area contributed by atoms with Crippen LogP contribution in [0.1, 0.15) is 37.5 Å². The minimum absolute atomic E-state index is 0.201. The summed E-state index contributed by atoms with van der Waals surface area (Å²) in [5, 5.41) is 12.0. The lowest BCUT2D eigenvalue weighted by Gasteiger charge is -2.16. The lowest BCUT2D eigenvalue weighted by Crippen LogP contribution is -2.16. The van der Waals surface area contributed by atoms with Gasteiger partial charge in [0.2, 0.25) is 11.8 Å². The van der Waals surface area contributed by atoms with E-state index in [-0.39, 0.29) is 23.6 Å². The summed E-state index contributed by atoms with van der Waals surface area (Å²) in [6.45, 7) is 5.98. The Kier molecular flexibility index (Phi) is 4.13. The van der Waals surface area contributed by atoms with E-state index in [0.29, 0.717) is 5.56 Å². The molecule has 0 saturated heterocycles. The molecule has 21 heavy (non-hydrogen) atoms. The van der Waals surface area contributed by atoms with Gasteiger partial charge in [0.15, 0.2) is 0 Å². The van der Waals surface area contributed by atoms with E-state index in [1.165, 1.54) is 6.26 Å². The van der Waals surface area contributed by atoms with Crippen molar-refractivity contribution in [3.05, 3.63) is 53.3 Å². The van der Waals surface area contributed by atoms with Gasteiger partial charge in [-0.3, -0.25) is 10.1 Å². The molecule has 0 radical (unpaired) electrons. The Morgan fingerprint density at radius 3 is 2.52 bits per heavy atom. The summed E-state index contributed by atoms with van der Waals surface area (Å²) < 4.78 is 5.37. The summed E-state index contributed by atoms with van der Waals surface area (Å²) in [5.74, 6) is 0.0239. The fourth-order valence-corrected chi connectivity index (χ4v) is 2.06. The number of anilines is 1. The van der Waals surface area contributed by atoms with Crippen molar-refractivity contribution in [1.82, 2.24) is 0 Å². The summed E-state index contributed by atoms with van der Waals surface area (Å²) in [6.07, 6.45) is 1.79. The first kappa shape index (κ1) is 14.9. The van der Waals surface area contributed by atoms with Crippen molar-refractivity contribution in [2.45, 2.75) is 32.6 Å². The zero-order chi connectivity index (χ0) is 15.5. The molecule has 1 N–H and O–H groups in total. The second-order valence-corrected chi connectivity index (χ2v) is 5.93. The summed E-state index contributed by atoms with van der Waals surface area (Å²) >= 11 is 0. The second kappa shape index (κ2) is 5.84. The molecule has 0 atom stereocenters. The first-order chi connectivity index (χ1) is 9.91. The minimum Gasteiger partial charge on any atom is -0.447 e. The maximum absolute atomic E-state index is 12.0. The number of nitrogens with zero attached hydrogens (tertiary/aromatic N) is 1. The van der Waals surface area contributed by atoms with Crippen molar-refractivity contribution in [3.8, 4) is 6.07 Å². The van der Waals surface area contributed by atoms with E-state index in [4.69, 9.17) is 4.42 Å². The van der Waals surface area contributed by atoms with Crippen molar-refractivity contribution in [1.29, 1.82) is 5.26 Å². The van der Waals surface area contributed by atoms with Crippen LogP contribution in [0.4, 0.5) is 5.88 Å². The fraction of sp³-hybridized carbons (Fsp3) is 0.294. The van der Waals surface area contributed by atoms with Gasteiger partial charge in [0.25, 0.3) is 0 Å². The monoisotopic (exact) mass is 282 g/mol. The van der Waals surface area contributed by atoms with E-state index in [0.717, 1.165) is 11.1 Å². The number of hydrogen-bond acceptors (Lipinski definition) is 3. The SMILES string of the molecule is CC(C)(C)c1coc(NC(=O)Cc2ccccc2)c1C#N.